The van der Waals surface area contributed by atoms with Crippen LogP contribution in [-0.4, -0.2) is 32.7 Å². The van der Waals surface area contributed by atoms with Gasteiger partial charge in [-0.3, -0.25) is 4.79 Å². The Hall–Kier alpha value is -3.54. The van der Waals surface area contributed by atoms with Crippen LogP contribution >= 0.6 is 0 Å². The van der Waals surface area contributed by atoms with Crippen molar-refractivity contribution in [1.29, 1.82) is 0 Å². The second kappa shape index (κ2) is 9.82. The van der Waals surface area contributed by atoms with Crippen LogP contribution in [0.4, 0.5) is 0 Å². The van der Waals surface area contributed by atoms with Gasteiger partial charge in [-0.05, 0) is 48.0 Å². The van der Waals surface area contributed by atoms with Crippen molar-refractivity contribution in [3.05, 3.63) is 78.0 Å². The maximum Gasteiger partial charge on any atom is 0.355 e. The molecule has 0 fully saturated rings. The van der Waals surface area contributed by atoms with Gasteiger partial charge >= 0.3 is 5.97 Å². The molecule has 2 rings (SSSR count). The van der Waals surface area contributed by atoms with Crippen LogP contribution in [0.5, 0.6) is 11.5 Å². The van der Waals surface area contributed by atoms with E-state index >= 15 is 0 Å². The first-order valence-electron chi connectivity index (χ1n) is 8.16. The molecule has 6 nitrogen and oxygen atoms in total. The van der Waals surface area contributed by atoms with Crippen LogP contribution in [0, 0.1) is 0 Å². The van der Waals surface area contributed by atoms with Crippen LogP contribution in [0.25, 0.3) is 6.08 Å². The van der Waals surface area contributed by atoms with Crippen molar-refractivity contribution in [2.75, 3.05) is 20.8 Å². The predicted molar refractivity (Wildman–Crippen MR) is 103 cm³/mol. The molecule has 1 N–H and O–H groups in total. The second-order valence-corrected chi connectivity index (χ2v) is 5.40. The van der Waals surface area contributed by atoms with Gasteiger partial charge in [0, 0.05) is 5.56 Å². The minimum atomic E-state index is -0.660. The number of rotatable bonds is 8. The minimum absolute atomic E-state index is 0.0165. The zero-order valence-electron chi connectivity index (χ0n) is 15.2. The van der Waals surface area contributed by atoms with Crippen molar-refractivity contribution < 1.29 is 23.8 Å². The Morgan fingerprint density at radius 3 is 2.04 bits per heavy atom. The van der Waals surface area contributed by atoms with E-state index in [1.807, 2.05) is 0 Å². The minimum Gasteiger partial charge on any atom is -0.497 e. The standard InChI is InChI=1S/C21H21NO5/c1-4-13-27-21(24)19(14-15-5-9-17(25-2)10-6-15)22-20(23)16-7-11-18(26-3)12-8-16/h4-12,14H,1,13H2,2-3H3,(H,22,23). The number of ether oxygens (including phenoxy) is 3. The van der Waals surface area contributed by atoms with Crippen LogP contribution < -0.4 is 14.8 Å². The molecule has 0 unspecified atom stereocenters. The maximum atomic E-state index is 12.5. The molecule has 0 atom stereocenters. The third-order valence-corrected chi connectivity index (χ3v) is 3.58. The summed E-state index contributed by atoms with van der Waals surface area (Å²) in [7, 11) is 3.11. The van der Waals surface area contributed by atoms with Gasteiger partial charge in [-0.2, -0.15) is 0 Å². The molecule has 0 saturated heterocycles. The lowest BCUT2D eigenvalue weighted by molar-refractivity contribution is -0.138. The third-order valence-electron chi connectivity index (χ3n) is 3.58. The van der Waals surface area contributed by atoms with E-state index in [1.165, 1.54) is 12.2 Å². The third kappa shape index (κ3) is 5.74. The average Bonchev–Trinajstić information content (AvgIpc) is 2.72. The molecule has 2 aromatic carbocycles. The van der Waals surface area contributed by atoms with Gasteiger partial charge in [0.15, 0.2) is 0 Å². The molecule has 0 bridgehead atoms. The Morgan fingerprint density at radius 2 is 1.52 bits per heavy atom. The Morgan fingerprint density at radius 1 is 0.963 bits per heavy atom. The molecule has 2 aromatic rings. The molecule has 27 heavy (non-hydrogen) atoms. The van der Waals surface area contributed by atoms with Crippen molar-refractivity contribution in [2.45, 2.75) is 0 Å². The molecule has 6 heteroatoms. The van der Waals surface area contributed by atoms with Crippen LogP contribution in [0.3, 0.4) is 0 Å². The highest BCUT2D eigenvalue weighted by Crippen LogP contribution is 2.15. The summed E-state index contributed by atoms with van der Waals surface area (Å²) in [4.78, 5) is 24.8. The van der Waals surface area contributed by atoms with Gasteiger partial charge in [-0.1, -0.05) is 24.8 Å². The number of carbonyl (C=O) groups excluding carboxylic acids is 2. The lowest BCUT2D eigenvalue weighted by Crippen LogP contribution is -2.28. The van der Waals surface area contributed by atoms with Crippen molar-refractivity contribution in [3.8, 4) is 11.5 Å². The van der Waals surface area contributed by atoms with Crippen molar-refractivity contribution >= 4 is 18.0 Å². The molecular weight excluding hydrogens is 346 g/mol. The zero-order valence-corrected chi connectivity index (χ0v) is 15.2. The van der Waals surface area contributed by atoms with E-state index in [9.17, 15) is 9.59 Å². The average molecular weight is 367 g/mol. The molecule has 0 aromatic heterocycles. The SMILES string of the molecule is C=CCOC(=O)C(=Cc1ccc(OC)cc1)NC(=O)c1ccc(OC)cc1. The highest BCUT2D eigenvalue weighted by molar-refractivity contribution is 6.03. The normalized spacial score (nSPS) is 10.7. The van der Waals surface area contributed by atoms with Gasteiger partial charge < -0.3 is 19.5 Å². The van der Waals surface area contributed by atoms with E-state index in [-0.39, 0.29) is 12.3 Å². The lowest BCUT2D eigenvalue weighted by Gasteiger charge is -2.10. The summed E-state index contributed by atoms with van der Waals surface area (Å²) in [5.41, 5.74) is 1.10. The van der Waals surface area contributed by atoms with Crippen LogP contribution in [0.1, 0.15) is 15.9 Å². The monoisotopic (exact) mass is 367 g/mol. The van der Waals surface area contributed by atoms with Gasteiger partial charge in [0.25, 0.3) is 5.91 Å². The summed E-state index contributed by atoms with van der Waals surface area (Å²) in [6, 6.07) is 13.6. The first-order chi connectivity index (χ1) is 13.1. The number of nitrogens with one attached hydrogen (secondary N) is 1. The Labute approximate surface area is 158 Å². The van der Waals surface area contributed by atoms with Crippen molar-refractivity contribution in [3.63, 3.8) is 0 Å². The Balaban J connectivity index is 2.24. The first kappa shape index (κ1) is 19.8. The highest BCUT2D eigenvalue weighted by atomic mass is 16.5. The number of carbonyl (C=O) groups is 2. The molecule has 0 saturated carbocycles. The van der Waals surface area contributed by atoms with E-state index in [2.05, 4.69) is 11.9 Å². The topological polar surface area (TPSA) is 73.9 Å². The molecular formula is C21H21NO5. The van der Waals surface area contributed by atoms with Crippen LogP contribution in [0.15, 0.2) is 66.9 Å². The van der Waals surface area contributed by atoms with Crippen molar-refractivity contribution in [1.82, 2.24) is 5.32 Å². The fourth-order valence-corrected chi connectivity index (χ4v) is 2.16. The van der Waals surface area contributed by atoms with Gasteiger partial charge in [-0.15, -0.1) is 0 Å². The summed E-state index contributed by atoms with van der Waals surface area (Å²) < 4.78 is 15.2. The van der Waals surface area contributed by atoms with Gasteiger partial charge in [0.1, 0.15) is 23.8 Å². The number of methoxy groups -OCH3 is 2. The summed E-state index contributed by atoms with van der Waals surface area (Å²) >= 11 is 0. The molecule has 0 aliphatic rings. The zero-order chi connectivity index (χ0) is 19.6. The molecule has 0 heterocycles. The Kier molecular flexibility index (Phi) is 7.19. The molecule has 0 aliphatic heterocycles. The van der Waals surface area contributed by atoms with E-state index in [0.29, 0.717) is 22.6 Å². The maximum absolute atomic E-state index is 12.5. The number of hydrogen-bond acceptors (Lipinski definition) is 5. The second-order valence-electron chi connectivity index (χ2n) is 5.40. The predicted octanol–water partition coefficient (Wildman–Crippen LogP) is 3.20. The van der Waals surface area contributed by atoms with E-state index in [0.717, 1.165) is 0 Å². The van der Waals surface area contributed by atoms with Crippen molar-refractivity contribution in [2.24, 2.45) is 0 Å². The number of benzene rings is 2. The number of hydrogen-bond donors (Lipinski definition) is 1. The molecule has 0 aliphatic carbocycles. The van der Waals surface area contributed by atoms with Crippen LogP contribution in [0.2, 0.25) is 0 Å². The smallest absolute Gasteiger partial charge is 0.355 e. The summed E-state index contributed by atoms with van der Waals surface area (Å²) in [6.45, 7) is 3.55. The fourth-order valence-electron chi connectivity index (χ4n) is 2.16. The first-order valence-corrected chi connectivity index (χ1v) is 8.16. The summed E-state index contributed by atoms with van der Waals surface area (Å²) in [6.07, 6.45) is 2.99. The quantitative estimate of drug-likeness (QED) is 0.441. The summed E-state index contributed by atoms with van der Waals surface area (Å²) in [5, 5.41) is 2.60. The van der Waals surface area contributed by atoms with E-state index in [4.69, 9.17) is 14.2 Å². The number of amides is 1. The van der Waals surface area contributed by atoms with E-state index < -0.39 is 11.9 Å². The van der Waals surface area contributed by atoms with Gasteiger partial charge in [0.05, 0.1) is 14.2 Å². The molecule has 0 spiro atoms. The number of esters is 1. The van der Waals surface area contributed by atoms with Gasteiger partial charge in [0.2, 0.25) is 0 Å². The van der Waals surface area contributed by atoms with Gasteiger partial charge in [-0.25, -0.2) is 4.79 Å². The highest BCUT2D eigenvalue weighted by Gasteiger charge is 2.16. The molecule has 1 amide bonds. The summed E-state index contributed by atoms with van der Waals surface area (Å²) in [5.74, 6) is 0.219. The molecule has 0 radical (unpaired) electrons. The van der Waals surface area contributed by atoms with E-state index in [1.54, 1.807) is 62.8 Å². The molecule has 140 valence electrons. The lowest BCUT2D eigenvalue weighted by atomic mass is 10.1. The fraction of sp³-hybridized carbons (Fsp3) is 0.143. The van der Waals surface area contributed by atoms with Crippen LogP contribution in [-0.2, 0) is 9.53 Å². The Bertz CT molecular complexity index is 823. The largest absolute Gasteiger partial charge is 0.497 e.